The first kappa shape index (κ1) is 26.6. The van der Waals surface area contributed by atoms with Crippen LogP contribution in [0.15, 0.2) is 64.3 Å². The van der Waals surface area contributed by atoms with Gasteiger partial charge in [-0.15, -0.1) is 0 Å². The number of carbonyl (C=O) groups is 2. The Hall–Kier alpha value is -3.44. The monoisotopic (exact) mass is 548 g/mol. The molecule has 1 aromatic heterocycles. The molecule has 2 heterocycles. The van der Waals surface area contributed by atoms with Crippen molar-refractivity contribution in [3.63, 3.8) is 0 Å². The Kier molecular flexibility index (Phi) is 8.45. The molecule has 0 spiro atoms. The summed E-state index contributed by atoms with van der Waals surface area (Å²) in [6.07, 6.45) is -1.40. The van der Waals surface area contributed by atoms with Crippen molar-refractivity contribution < 1.29 is 28.9 Å². The minimum atomic E-state index is -0.941. The van der Waals surface area contributed by atoms with Crippen molar-refractivity contribution in [3.05, 3.63) is 102 Å². The van der Waals surface area contributed by atoms with Crippen molar-refractivity contribution in [2.75, 3.05) is 13.2 Å². The van der Waals surface area contributed by atoms with Gasteiger partial charge < -0.3 is 19.3 Å². The van der Waals surface area contributed by atoms with E-state index in [0.29, 0.717) is 10.0 Å². The molecule has 0 amide bonds. The summed E-state index contributed by atoms with van der Waals surface area (Å²) in [7, 11) is 0. The fourth-order valence-electron chi connectivity index (χ4n) is 3.80. The zero-order valence-corrected chi connectivity index (χ0v) is 20.8. The molecular formula is C25H22Cl2N2O8. The first-order chi connectivity index (χ1) is 17.7. The van der Waals surface area contributed by atoms with Crippen LogP contribution in [-0.4, -0.2) is 52.0 Å². The number of nitrogens with one attached hydrogen (secondary N) is 1. The maximum Gasteiger partial charge on any atom is 0.338 e. The van der Waals surface area contributed by atoms with Crippen molar-refractivity contribution in [2.45, 2.75) is 31.3 Å². The zero-order chi connectivity index (χ0) is 26.5. The fraction of sp³-hybridized carbons (Fsp3) is 0.280. The van der Waals surface area contributed by atoms with Crippen LogP contribution in [0.1, 0.15) is 38.9 Å². The minimum absolute atomic E-state index is 0.0272. The Labute approximate surface area is 220 Å². The van der Waals surface area contributed by atoms with E-state index in [0.717, 1.165) is 4.57 Å². The van der Waals surface area contributed by atoms with Crippen LogP contribution in [0.3, 0.4) is 0 Å². The molecule has 1 aliphatic rings. The molecule has 2 N–H and O–H groups in total. The number of aromatic nitrogens is 2. The minimum Gasteiger partial charge on any atom is -0.459 e. The van der Waals surface area contributed by atoms with E-state index in [-0.39, 0.29) is 42.7 Å². The molecule has 1 saturated heterocycles. The average molecular weight is 549 g/mol. The molecule has 10 nitrogen and oxygen atoms in total. The highest BCUT2D eigenvalue weighted by Gasteiger charge is 2.40. The highest BCUT2D eigenvalue weighted by molar-refractivity contribution is 6.31. The summed E-state index contributed by atoms with van der Waals surface area (Å²) < 4.78 is 18.1. The molecule has 0 aliphatic carbocycles. The van der Waals surface area contributed by atoms with Crippen molar-refractivity contribution in [2.24, 2.45) is 0 Å². The summed E-state index contributed by atoms with van der Waals surface area (Å²) in [6.45, 7) is -0.574. The molecule has 0 radical (unpaired) electrons. The lowest BCUT2D eigenvalue weighted by atomic mass is 10.1. The number of carbonyl (C=O) groups excluding carboxylic acids is 2. The lowest BCUT2D eigenvalue weighted by Gasteiger charge is -2.19. The SMILES string of the molecule is O=C(OC[C@H]1O[C@@H](n2cc(CCO)c(=O)[nH]c2=O)C[C@@H]1OC(=O)c1ccc(Cl)cc1)c1ccc(Cl)cc1. The molecule has 37 heavy (non-hydrogen) atoms. The lowest BCUT2D eigenvalue weighted by Crippen LogP contribution is -2.34. The number of H-pyrrole nitrogens is 1. The van der Waals surface area contributed by atoms with E-state index in [4.69, 9.17) is 37.4 Å². The molecule has 0 bridgehead atoms. The number of hydrogen-bond donors (Lipinski definition) is 2. The van der Waals surface area contributed by atoms with Crippen LogP contribution in [-0.2, 0) is 20.6 Å². The smallest absolute Gasteiger partial charge is 0.338 e. The van der Waals surface area contributed by atoms with Crippen LogP contribution in [0.25, 0.3) is 0 Å². The van der Waals surface area contributed by atoms with Gasteiger partial charge in [-0.05, 0) is 48.5 Å². The van der Waals surface area contributed by atoms with E-state index in [1.54, 1.807) is 24.3 Å². The summed E-state index contributed by atoms with van der Waals surface area (Å²) in [5.41, 5.74) is -0.667. The number of nitrogens with zero attached hydrogens (tertiary/aromatic N) is 1. The number of ether oxygens (including phenoxy) is 3. The molecule has 0 saturated carbocycles. The van der Waals surface area contributed by atoms with Crippen LogP contribution in [0.2, 0.25) is 10.0 Å². The number of hydrogen-bond acceptors (Lipinski definition) is 8. The second-order valence-corrected chi connectivity index (χ2v) is 9.09. The van der Waals surface area contributed by atoms with Crippen molar-refractivity contribution >= 4 is 35.1 Å². The molecule has 1 aliphatic heterocycles. The van der Waals surface area contributed by atoms with Gasteiger partial charge in [-0.2, -0.15) is 0 Å². The topological polar surface area (TPSA) is 137 Å². The summed E-state index contributed by atoms with van der Waals surface area (Å²) in [5.74, 6) is -1.30. The first-order valence-electron chi connectivity index (χ1n) is 11.2. The molecule has 4 rings (SSSR count). The van der Waals surface area contributed by atoms with Crippen LogP contribution in [0, 0.1) is 0 Å². The number of aliphatic hydroxyl groups excluding tert-OH is 1. The maximum absolute atomic E-state index is 12.8. The predicted molar refractivity (Wildman–Crippen MR) is 133 cm³/mol. The van der Waals surface area contributed by atoms with Gasteiger partial charge in [-0.1, -0.05) is 23.2 Å². The molecule has 2 aromatic carbocycles. The van der Waals surface area contributed by atoms with E-state index >= 15 is 0 Å². The molecule has 194 valence electrons. The van der Waals surface area contributed by atoms with Gasteiger partial charge in [0, 0.05) is 41.3 Å². The van der Waals surface area contributed by atoms with E-state index < -0.39 is 41.6 Å². The normalized spacial score (nSPS) is 18.9. The van der Waals surface area contributed by atoms with Gasteiger partial charge in [0.05, 0.1) is 11.1 Å². The molecule has 12 heteroatoms. The van der Waals surface area contributed by atoms with E-state index in [1.165, 1.54) is 30.5 Å². The fourth-order valence-corrected chi connectivity index (χ4v) is 4.06. The van der Waals surface area contributed by atoms with Gasteiger partial charge in [0.25, 0.3) is 5.56 Å². The second kappa shape index (κ2) is 11.7. The van der Waals surface area contributed by atoms with Gasteiger partial charge in [0.15, 0.2) is 0 Å². The van der Waals surface area contributed by atoms with E-state index in [1.807, 2.05) is 0 Å². The van der Waals surface area contributed by atoms with Crippen LogP contribution in [0.5, 0.6) is 0 Å². The largest absolute Gasteiger partial charge is 0.459 e. The van der Waals surface area contributed by atoms with Crippen LogP contribution < -0.4 is 11.2 Å². The van der Waals surface area contributed by atoms with Crippen molar-refractivity contribution in [1.29, 1.82) is 0 Å². The molecule has 1 fully saturated rings. The average Bonchev–Trinajstić information content (AvgIpc) is 3.27. The number of benzene rings is 2. The molecule has 3 atom stereocenters. The Balaban J connectivity index is 1.55. The third-order valence-corrected chi connectivity index (χ3v) is 6.21. The summed E-state index contributed by atoms with van der Waals surface area (Å²) in [6, 6.07) is 12.2. The highest BCUT2D eigenvalue weighted by atomic mass is 35.5. The summed E-state index contributed by atoms with van der Waals surface area (Å²) in [5, 5.41) is 10.1. The quantitative estimate of drug-likeness (QED) is 0.410. The highest BCUT2D eigenvalue weighted by Crippen LogP contribution is 2.31. The number of aromatic amines is 1. The van der Waals surface area contributed by atoms with E-state index in [2.05, 4.69) is 4.98 Å². The first-order valence-corrected chi connectivity index (χ1v) is 12.0. The van der Waals surface area contributed by atoms with Crippen molar-refractivity contribution in [3.8, 4) is 0 Å². The zero-order valence-electron chi connectivity index (χ0n) is 19.3. The lowest BCUT2D eigenvalue weighted by molar-refractivity contribution is -0.0583. The number of aliphatic hydroxyl groups is 1. The number of rotatable bonds is 8. The van der Waals surface area contributed by atoms with Crippen molar-refractivity contribution in [1.82, 2.24) is 9.55 Å². The molecule has 3 aromatic rings. The third-order valence-electron chi connectivity index (χ3n) is 5.71. The second-order valence-electron chi connectivity index (χ2n) is 8.22. The number of esters is 2. The summed E-state index contributed by atoms with van der Waals surface area (Å²) in [4.78, 5) is 52.0. The van der Waals surface area contributed by atoms with Gasteiger partial charge >= 0.3 is 17.6 Å². The standard InChI is InChI=1S/C25H22Cl2N2O8/c26-17-5-1-14(2-6-17)23(32)35-13-20-19(37-24(33)15-3-7-18(27)8-4-15)11-21(36-20)29-12-16(9-10-30)22(31)28-25(29)34/h1-8,12,19-21,30H,9-11,13H2,(H,28,31,34)/t19-,20+,21+/m0/s1. The maximum atomic E-state index is 12.8. The Bertz CT molecular complexity index is 1390. The molecular weight excluding hydrogens is 527 g/mol. The third kappa shape index (κ3) is 6.47. The van der Waals surface area contributed by atoms with E-state index in [9.17, 15) is 24.3 Å². The van der Waals surface area contributed by atoms with Gasteiger partial charge in [0.2, 0.25) is 0 Å². The van der Waals surface area contributed by atoms with Gasteiger partial charge in [0.1, 0.15) is 25.0 Å². The number of halogens is 2. The predicted octanol–water partition coefficient (Wildman–Crippen LogP) is 2.75. The van der Waals surface area contributed by atoms with Gasteiger partial charge in [-0.3, -0.25) is 14.3 Å². The van der Waals surface area contributed by atoms with Crippen LogP contribution >= 0.6 is 23.2 Å². The Morgan fingerprint density at radius 1 is 1.00 bits per heavy atom. The summed E-state index contributed by atoms with van der Waals surface area (Å²) >= 11 is 11.7. The van der Waals surface area contributed by atoms with Crippen LogP contribution in [0.4, 0.5) is 0 Å². The Morgan fingerprint density at radius 2 is 1.59 bits per heavy atom. The Morgan fingerprint density at radius 3 is 2.19 bits per heavy atom. The molecule has 0 unspecified atom stereocenters. The van der Waals surface area contributed by atoms with Gasteiger partial charge in [-0.25, -0.2) is 14.4 Å².